The molecule has 27 heavy (non-hydrogen) atoms. The summed E-state index contributed by atoms with van der Waals surface area (Å²) < 4.78 is 5.68. The molecule has 0 spiro atoms. The van der Waals surface area contributed by atoms with Crippen LogP contribution in [0.3, 0.4) is 0 Å². The Bertz CT molecular complexity index is 907. The van der Waals surface area contributed by atoms with Crippen molar-refractivity contribution in [1.29, 1.82) is 0 Å². The van der Waals surface area contributed by atoms with Crippen molar-refractivity contribution < 1.29 is 9.53 Å². The summed E-state index contributed by atoms with van der Waals surface area (Å²) in [5.41, 5.74) is 1.52. The van der Waals surface area contributed by atoms with Crippen molar-refractivity contribution in [1.82, 2.24) is 9.88 Å². The molecule has 2 heterocycles. The lowest BCUT2D eigenvalue weighted by molar-refractivity contribution is -0.121. The third-order valence-electron chi connectivity index (χ3n) is 3.63. The first-order chi connectivity index (χ1) is 13.2. The molecule has 0 unspecified atom stereocenters. The van der Waals surface area contributed by atoms with Crippen LogP contribution in [0.1, 0.15) is 5.56 Å². The standard InChI is InChI=1S/C21H19N3O2S/c1-3-12-24-20(25)19(27-21(24)23-17-9-7-11-22-15-17)14-16-8-5-6-10-18(16)26-13-4-2/h3-11,14-15H,1-2,12-13H2/b19-14-,23-21?. The number of aromatic nitrogens is 1. The van der Waals surface area contributed by atoms with E-state index < -0.39 is 0 Å². The molecule has 0 bridgehead atoms. The van der Waals surface area contributed by atoms with Crippen LogP contribution < -0.4 is 4.74 Å². The van der Waals surface area contributed by atoms with Crippen molar-refractivity contribution in [3.05, 3.63) is 84.6 Å². The van der Waals surface area contributed by atoms with Gasteiger partial charge in [-0.25, -0.2) is 4.99 Å². The molecule has 1 fully saturated rings. The zero-order valence-electron chi connectivity index (χ0n) is 14.7. The molecule has 3 rings (SSSR count). The molecular formula is C21H19N3O2S. The topological polar surface area (TPSA) is 54.8 Å². The Morgan fingerprint density at radius 1 is 1.19 bits per heavy atom. The Morgan fingerprint density at radius 3 is 2.78 bits per heavy atom. The number of pyridine rings is 1. The van der Waals surface area contributed by atoms with Gasteiger partial charge in [0, 0.05) is 18.3 Å². The second-order valence-corrected chi connectivity index (χ2v) is 6.57. The van der Waals surface area contributed by atoms with Crippen molar-refractivity contribution in [3.63, 3.8) is 0 Å². The van der Waals surface area contributed by atoms with E-state index in [4.69, 9.17) is 4.74 Å². The first-order valence-electron chi connectivity index (χ1n) is 8.36. The molecule has 1 saturated heterocycles. The first kappa shape index (κ1) is 18.7. The molecule has 0 saturated carbocycles. The van der Waals surface area contributed by atoms with Gasteiger partial charge in [0.25, 0.3) is 5.91 Å². The molecule has 1 amide bonds. The number of amides is 1. The number of aliphatic imine (C=N–C) groups is 1. The van der Waals surface area contributed by atoms with Gasteiger partial charge >= 0.3 is 0 Å². The molecule has 0 N–H and O–H groups in total. The predicted molar refractivity (Wildman–Crippen MR) is 111 cm³/mol. The van der Waals surface area contributed by atoms with Crippen LogP contribution in [0.5, 0.6) is 5.75 Å². The van der Waals surface area contributed by atoms with Gasteiger partial charge in [0.1, 0.15) is 12.4 Å². The van der Waals surface area contributed by atoms with E-state index in [1.807, 2.05) is 42.5 Å². The molecular weight excluding hydrogens is 358 g/mol. The largest absolute Gasteiger partial charge is 0.489 e. The Kier molecular flexibility index (Phi) is 6.22. The van der Waals surface area contributed by atoms with Crippen molar-refractivity contribution in [2.45, 2.75) is 0 Å². The summed E-state index contributed by atoms with van der Waals surface area (Å²) in [5, 5.41) is 0.601. The summed E-state index contributed by atoms with van der Waals surface area (Å²) >= 11 is 1.33. The molecule has 1 aromatic heterocycles. The van der Waals surface area contributed by atoms with Gasteiger partial charge in [-0.1, -0.05) is 36.9 Å². The number of carbonyl (C=O) groups is 1. The summed E-state index contributed by atoms with van der Waals surface area (Å²) in [6.07, 6.45) is 8.53. The third-order valence-corrected chi connectivity index (χ3v) is 4.64. The molecule has 1 aromatic carbocycles. The highest BCUT2D eigenvalue weighted by atomic mass is 32.2. The first-order valence-corrected chi connectivity index (χ1v) is 9.18. The molecule has 5 nitrogen and oxygen atoms in total. The van der Waals surface area contributed by atoms with E-state index in [0.29, 0.717) is 34.7 Å². The van der Waals surface area contributed by atoms with Gasteiger partial charge in [0.05, 0.1) is 16.8 Å². The number of ether oxygens (including phenoxy) is 1. The van der Waals surface area contributed by atoms with E-state index in [9.17, 15) is 4.79 Å². The fourth-order valence-electron chi connectivity index (χ4n) is 2.43. The van der Waals surface area contributed by atoms with Crippen LogP contribution in [0, 0.1) is 0 Å². The molecule has 1 aliphatic rings. The van der Waals surface area contributed by atoms with Crippen LogP contribution in [0.2, 0.25) is 0 Å². The highest BCUT2D eigenvalue weighted by Gasteiger charge is 2.32. The highest BCUT2D eigenvalue weighted by Crippen LogP contribution is 2.35. The number of amidine groups is 1. The van der Waals surface area contributed by atoms with Crippen molar-refractivity contribution >= 4 is 34.6 Å². The molecule has 0 atom stereocenters. The van der Waals surface area contributed by atoms with Crippen LogP contribution in [0.25, 0.3) is 6.08 Å². The van der Waals surface area contributed by atoms with Crippen LogP contribution in [-0.4, -0.2) is 34.1 Å². The Balaban J connectivity index is 1.94. The maximum atomic E-state index is 12.9. The lowest BCUT2D eigenvalue weighted by Gasteiger charge is -2.12. The maximum Gasteiger partial charge on any atom is 0.267 e. The minimum atomic E-state index is -0.110. The van der Waals surface area contributed by atoms with Gasteiger partial charge in [-0.3, -0.25) is 14.7 Å². The number of carbonyl (C=O) groups excluding carboxylic acids is 1. The summed E-state index contributed by atoms with van der Waals surface area (Å²) in [5.74, 6) is 0.590. The fourth-order valence-corrected chi connectivity index (χ4v) is 3.43. The molecule has 2 aromatic rings. The Morgan fingerprint density at radius 2 is 2.04 bits per heavy atom. The van der Waals surface area contributed by atoms with Gasteiger partial charge in [-0.15, -0.1) is 6.58 Å². The number of hydrogen-bond donors (Lipinski definition) is 0. The van der Waals surface area contributed by atoms with Crippen LogP contribution in [-0.2, 0) is 4.79 Å². The number of nitrogens with zero attached hydrogens (tertiary/aromatic N) is 3. The average molecular weight is 377 g/mol. The van der Waals surface area contributed by atoms with Crippen molar-refractivity contribution in [2.75, 3.05) is 13.2 Å². The lowest BCUT2D eigenvalue weighted by Crippen LogP contribution is -2.29. The third kappa shape index (κ3) is 4.54. The second kappa shape index (κ2) is 9.00. The lowest BCUT2D eigenvalue weighted by atomic mass is 10.2. The van der Waals surface area contributed by atoms with E-state index in [0.717, 1.165) is 5.56 Å². The zero-order valence-corrected chi connectivity index (χ0v) is 15.6. The van der Waals surface area contributed by atoms with Gasteiger partial charge < -0.3 is 4.74 Å². The number of thioether (sulfide) groups is 1. The maximum absolute atomic E-state index is 12.9. The summed E-state index contributed by atoms with van der Waals surface area (Å²) in [7, 11) is 0. The van der Waals surface area contributed by atoms with Gasteiger partial charge in [-0.2, -0.15) is 0 Å². The van der Waals surface area contributed by atoms with E-state index in [1.54, 1.807) is 29.4 Å². The number of benzene rings is 1. The van der Waals surface area contributed by atoms with E-state index in [-0.39, 0.29) is 5.91 Å². The number of hydrogen-bond acceptors (Lipinski definition) is 5. The second-order valence-electron chi connectivity index (χ2n) is 5.56. The van der Waals surface area contributed by atoms with Gasteiger partial charge in [0.15, 0.2) is 5.17 Å². The molecule has 136 valence electrons. The van der Waals surface area contributed by atoms with Crippen LogP contribution >= 0.6 is 11.8 Å². The highest BCUT2D eigenvalue weighted by molar-refractivity contribution is 8.18. The normalized spacial score (nSPS) is 16.7. The minimum Gasteiger partial charge on any atom is -0.489 e. The van der Waals surface area contributed by atoms with Crippen molar-refractivity contribution in [3.8, 4) is 5.75 Å². The SMILES string of the molecule is C=CCOc1ccccc1/C=C1\SC(=Nc2cccnc2)N(CC=C)C1=O. The fraction of sp³-hybridized carbons (Fsp3) is 0.0952. The van der Waals surface area contributed by atoms with Crippen molar-refractivity contribution in [2.24, 2.45) is 4.99 Å². The van der Waals surface area contributed by atoms with Crippen LogP contribution in [0.4, 0.5) is 5.69 Å². The smallest absolute Gasteiger partial charge is 0.267 e. The zero-order chi connectivity index (χ0) is 19.1. The quantitative estimate of drug-likeness (QED) is 0.529. The molecule has 1 aliphatic heterocycles. The number of para-hydroxylation sites is 1. The summed E-state index contributed by atoms with van der Waals surface area (Å²) in [4.78, 5) is 23.7. The Labute approximate surface area is 162 Å². The summed E-state index contributed by atoms with van der Waals surface area (Å²) in [6, 6.07) is 11.2. The van der Waals surface area contributed by atoms with Gasteiger partial charge in [-0.05, 0) is 36.0 Å². The summed E-state index contributed by atoms with van der Waals surface area (Å²) in [6.45, 7) is 8.19. The predicted octanol–water partition coefficient (Wildman–Crippen LogP) is 4.44. The Hall–Kier alpha value is -3.12. The molecule has 0 radical (unpaired) electrons. The van der Waals surface area contributed by atoms with E-state index >= 15 is 0 Å². The number of rotatable bonds is 7. The molecule has 0 aliphatic carbocycles. The van der Waals surface area contributed by atoms with Gasteiger partial charge in [0.2, 0.25) is 0 Å². The van der Waals surface area contributed by atoms with E-state index in [1.165, 1.54) is 11.8 Å². The molecule has 6 heteroatoms. The minimum absolute atomic E-state index is 0.110. The van der Waals surface area contributed by atoms with Crippen LogP contribution in [0.15, 0.2) is 84.0 Å². The monoisotopic (exact) mass is 377 g/mol. The average Bonchev–Trinajstić information content (AvgIpc) is 2.97. The van der Waals surface area contributed by atoms with E-state index in [2.05, 4.69) is 23.1 Å².